The van der Waals surface area contributed by atoms with E-state index >= 15 is 0 Å². The van der Waals surface area contributed by atoms with E-state index in [4.69, 9.17) is 0 Å². The molecule has 6 heteroatoms. The minimum absolute atomic E-state index is 0.192. The molecular weight excluding hydrogens is 280 g/mol. The van der Waals surface area contributed by atoms with Crippen LogP contribution in [0.1, 0.15) is 13.3 Å². The molecule has 1 aliphatic rings. The molecule has 0 bridgehead atoms. The number of nitrogens with one attached hydrogen (secondary N) is 4. The normalized spacial score (nSPS) is 15.4. The fourth-order valence-corrected chi connectivity index (χ4v) is 2.13. The third kappa shape index (κ3) is 5.21. The second-order valence-electron chi connectivity index (χ2n) is 5.22. The lowest BCUT2D eigenvalue weighted by molar-refractivity contribution is -0.122. The summed E-state index contributed by atoms with van der Waals surface area (Å²) in [7, 11) is 0. The smallest absolute Gasteiger partial charge is 0.319 e. The molecule has 2 rings (SSSR count). The van der Waals surface area contributed by atoms with Crippen molar-refractivity contribution in [1.29, 1.82) is 0 Å². The average Bonchev–Trinajstić information content (AvgIpc) is 2.54. The Bertz CT molecular complexity index is 542. The summed E-state index contributed by atoms with van der Waals surface area (Å²) in [4.78, 5) is 23.8. The summed E-state index contributed by atoms with van der Waals surface area (Å²) < 4.78 is 0. The fraction of sp³-hybridized carbons (Fsp3) is 0.375. The highest BCUT2D eigenvalue weighted by atomic mass is 16.2. The zero-order valence-corrected chi connectivity index (χ0v) is 12.7. The van der Waals surface area contributed by atoms with E-state index in [0.717, 1.165) is 19.5 Å². The summed E-state index contributed by atoms with van der Waals surface area (Å²) in [5, 5.41) is 11.4. The Morgan fingerprint density at radius 1 is 1.27 bits per heavy atom. The predicted octanol–water partition coefficient (Wildman–Crippen LogP) is 1.23. The highest BCUT2D eigenvalue weighted by Gasteiger charge is 2.15. The number of carbonyl (C=O) groups excluding carboxylic acids is 2. The van der Waals surface area contributed by atoms with Crippen molar-refractivity contribution in [1.82, 2.24) is 16.0 Å². The van der Waals surface area contributed by atoms with E-state index in [9.17, 15) is 9.59 Å². The van der Waals surface area contributed by atoms with E-state index in [1.165, 1.54) is 5.57 Å². The Hall–Kier alpha value is -2.34. The molecule has 0 saturated heterocycles. The van der Waals surface area contributed by atoms with Gasteiger partial charge in [-0.15, -0.1) is 0 Å². The first-order chi connectivity index (χ1) is 10.6. The van der Waals surface area contributed by atoms with E-state index in [0.29, 0.717) is 12.2 Å². The summed E-state index contributed by atoms with van der Waals surface area (Å²) in [6.07, 6.45) is 3.03. The summed E-state index contributed by atoms with van der Waals surface area (Å²) in [6.45, 7) is 3.98. The van der Waals surface area contributed by atoms with Gasteiger partial charge in [0.05, 0.1) is 0 Å². The van der Waals surface area contributed by atoms with Crippen LogP contribution >= 0.6 is 0 Å². The molecule has 6 nitrogen and oxygen atoms in total. The number of hydrogen-bond acceptors (Lipinski definition) is 3. The van der Waals surface area contributed by atoms with Crippen LogP contribution in [0.3, 0.4) is 0 Å². The molecule has 3 amide bonds. The van der Waals surface area contributed by atoms with Crippen molar-refractivity contribution in [3.05, 3.63) is 42.0 Å². The van der Waals surface area contributed by atoms with Crippen LogP contribution in [0.5, 0.6) is 0 Å². The van der Waals surface area contributed by atoms with Crippen molar-refractivity contribution < 1.29 is 9.59 Å². The molecule has 1 heterocycles. The van der Waals surface area contributed by atoms with Crippen LogP contribution in [0.15, 0.2) is 42.0 Å². The largest absolute Gasteiger partial charge is 0.351 e. The maximum Gasteiger partial charge on any atom is 0.319 e. The van der Waals surface area contributed by atoms with Gasteiger partial charge in [-0.2, -0.15) is 0 Å². The minimum Gasteiger partial charge on any atom is -0.351 e. The first-order valence-electron chi connectivity index (χ1n) is 7.44. The Morgan fingerprint density at radius 2 is 2.05 bits per heavy atom. The van der Waals surface area contributed by atoms with Crippen LogP contribution in [-0.4, -0.2) is 37.6 Å². The SMILES string of the molecule is CC(NC(=O)Nc1ccccc1)C(=O)NCC1=CCNCC1. The zero-order valence-electron chi connectivity index (χ0n) is 12.7. The van der Waals surface area contributed by atoms with Gasteiger partial charge in [-0.25, -0.2) is 4.79 Å². The number of anilines is 1. The molecule has 118 valence electrons. The number of rotatable bonds is 5. The van der Waals surface area contributed by atoms with Crippen molar-refractivity contribution in [2.45, 2.75) is 19.4 Å². The number of para-hydroxylation sites is 1. The van der Waals surface area contributed by atoms with Gasteiger partial charge in [-0.05, 0) is 32.0 Å². The standard InChI is InChI=1S/C16H22N4O2/c1-12(15(21)18-11-13-7-9-17-10-8-13)19-16(22)20-14-5-3-2-4-6-14/h2-7,12,17H,8-11H2,1H3,(H,18,21)(H2,19,20,22). The molecule has 1 unspecified atom stereocenters. The molecule has 1 aromatic rings. The Kier molecular flexibility index (Phi) is 5.97. The molecule has 0 radical (unpaired) electrons. The van der Waals surface area contributed by atoms with Crippen LogP contribution in [0.4, 0.5) is 10.5 Å². The molecule has 0 spiro atoms. The molecule has 1 atom stereocenters. The summed E-state index contributed by atoms with van der Waals surface area (Å²) in [6, 6.07) is 8.12. The van der Waals surface area contributed by atoms with Crippen LogP contribution in [0, 0.1) is 0 Å². The number of benzene rings is 1. The second kappa shape index (κ2) is 8.19. The Labute approximate surface area is 130 Å². The predicted molar refractivity (Wildman–Crippen MR) is 86.6 cm³/mol. The van der Waals surface area contributed by atoms with E-state index in [1.54, 1.807) is 19.1 Å². The fourth-order valence-electron chi connectivity index (χ4n) is 2.13. The molecule has 0 aromatic heterocycles. The van der Waals surface area contributed by atoms with Gasteiger partial charge in [-0.3, -0.25) is 4.79 Å². The van der Waals surface area contributed by atoms with Crippen molar-refractivity contribution in [3.63, 3.8) is 0 Å². The van der Waals surface area contributed by atoms with Gasteiger partial charge < -0.3 is 21.3 Å². The first-order valence-corrected chi connectivity index (χ1v) is 7.44. The molecule has 0 fully saturated rings. The lowest BCUT2D eigenvalue weighted by Crippen LogP contribution is -2.46. The summed E-state index contributed by atoms with van der Waals surface area (Å²) in [5.74, 6) is -0.192. The van der Waals surface area contributed by atoms with Gasteiger partial charge in [0, 0.05) is 18.8 Å². The van der Waals surface area contributed by atoms with Gasteiger partial charge in [0.1, 0.15) is 6.04 Å². The molecule has 0 saturated carbocycles. The van der Waals surface area contributed by atoms with Crippen molar-refractivity contribution >= 4 is 17.6 Å². The minimum atomic E-state index is -0.592. The van der Waals surface area contributed by atoms with Gasteiger partial charge in [-0.1, -0.05) is 29.8 Å². The van der Waals surface area contributed by atoms with Crippen molar-refractivity contribution in [2.24, 2.45) is 0 Å². The number of urea groups is 1. The number of hydrogen-bond donors (Lipinski definition) is 4. The highest BCUT2D eigenvalue weighted by molar-refractivity contribution is 5.93. The summed E-state index contributed by atoms with van der Waals surface area (Å²) >= 11 is 0. The van der Waals surface area contributed by atoms with Crippen LogP contribution in [-0.2, 0) is 4.79 Å². The van der Waals surface area contributed by atoms with Crippen LogP contribution < -0.4 is 21.3 Å². The third-order valence-corrected chi connectivity index (χ3v) is 3.42. The molecule has 22 heavy (non-hydrogen) atoms. The van der Waals surface area contributed by atoms with Gasteiger partial charge in [0.2, 0.25) is 5.91 Å². The first kappa shape index (κ1) is 16.0. The molecule has 1 aromatic carbocycles. The molecular formula is C16H22N4O2. The maximum absolute atomic E-state index is 12.0. The summed E-state index contributed by atoms with van der Waals surface area (Å²) in [5.41, 5.74) is 1.90. The molecule has 4 N–H and O–H groups in total. The topological polar surface area (TPSA) is 82.3 Å². The number of amides is 3. The lowest BCUT2D eigenvalue weighted by atomic mass is 10.1. The van der Waals surface area contributed by atoms with Crippen LogP contribution in [0.25, 0.3) is 0 Å². The Balaban J connectivity index is 1.73. The van der Waals surface area contributed by atoms with Crippen molar-refractivity contribution in [3.8, 4) is 0 Å². The Morgan fingerprint density at radius 3 is 2.73 bits per heavy atom. The van der Waals surface area contributed by atoms with Crippen molar-refractivity contribution in [2.75, 3.05) is 25.0 Å². The van der Waals surface area contributed by atoms with E-state index in [2.05, 4.69) is 27.3 Å². The molecule has 0 aliphatic carbocycles. The number of carbonyl (C=O) groups is 2. The monoisotopic (exact) mass is 302 g/mol. The highest BCUT2D eigenvalue weighted by Crippen LogP contribution is 2.05. The third-order valence-electron chi connectivity index (χ3n) is 3.42. The van der Waals surface area contributed by atoms with E-state index in [-0.39, 0.29) is 5.91 Å². The maximum atomic E-state index is 12.0. The van der Waals surface area contributed by atoms with Crippen LogP contribution in [0.2, 0.25) is 0 Å². The van der Waals surface area contributed by atoms with Gasteiger partial charge >= 0.3 is 6.03 Å². The average molecular weight is 302 g/mol. The van der Waals surface area contributed by atoms with Gasteiger partial charge in [0.25, 0.3) is 0 Å². The molecule has 1 aliphatic heterocycles. The zero-order chi connectivity index (χ0) is 15.8. The second-order valence-corrected chi connectivity index (χ2v) is 5.22. The lowest BCUT2D eigenvalue weighted by Gasteiger charge is -2.17. The van der Waals surface area contributed by atoms with Gasteiger partial charge in [0.15, 0.2) is 0 Å². The van der Waals surface area contributed by atoms with E-state index < -0.39 is 12.1 Å². The van der Waals surface area contributed by atoms with E-state index in [1.807, 2.05) is 18.2 Å². The quantitative estimate of drug-likeness (QED) is 0.618.